The smallest absolute Gasteiger partial charge is 0.147 e. The van der Waals surface area contributed by atoms with Crippen molar-refractivity contribution in [1.29, 1.82) is 0 Å². The summed E-state index contributed by atoms with van der Waals surface area (Å²) in [6, 6.07) is 16.2. The molecule has 0 spiro atoms. The monoisotopic (exact) mass is 536 g/mol. The van der Waals surface area contributed by atoms with E-state index in [1.165, 1.54) is 23.4 Å². The minimum Gasteiger partial charge on any atom is -0.491 e. The molecular formula is C31H41FN4O3. The summed E-state index contributed by atoms with van der Waals surface area (Å²) < 4.78 is 20.6. The standard InChI is InChI=1S/C31H41FN4O3/c1-23(2)18-27-19-26(33-36(27)31-7-5-4-6-24(31)3)10-11-28(37)20-34-14-16-35(17-15-34)21-29(38)22-39-30-12-8-25(32)9-13-30/h4-9,12-13,19,23,29,38H,10-11,14-18,20-22H2,1-3H3. The third kappa shape index (κ3) is 8.71. The molecule has 2 heterocycles. The van der Waals surface area contributed by atoms with Gasteiger partial charge in [-0.3, -0.25) is 14.6 Å². The Morgan fingerprint density at radius 3 is 2.44 bits per heavy atom. The minimum atomic E-state index is -0.636. The van der Waals surface area contributed by atoms with Crippen molar-refractivity contribution in [3.63, 3.8) is 0 Å². The van der Waals surface area contributed by atoms with Crippen LogP contribution >= 0.6 is 0 Å². The maximum Gasteiger partial charge on any atom is 0.147 e. The van der Waals surface area contributed by atoms with E-state index in [4.69, 9.17) is 9.84 Å². The second-order valence-electron chi connectivity index (χ2n) is 11.0. The largest absolute Gasteiger partial charge is 0.491 e. The number of hydrogen-bond donors (Lipinski definition) is 1. The SMILES string of the molecule is Cc1ccccc1-n1nc(CCC(=O)CN2CCN(CC(O)COc3ccc(F)cc3)CC2)cc1CC(C)C. The van der Waals surface area contributed by atoms with Gasteiger partial charge in [-0.2, -0.15) is 5.10 Å². The average molecular weight is 537 g/mol. The van der Waals surface area contributed by atoms with Crippen molar-refractivity contribution >= 4 is 5.78 Å². The predicted octanol–water partition coefficient (Wildman–Crippen LogP) is 4.08. The molecule has 1 unspecified atom stereocenters. The molecular weight excluding hydrogens is 495 g/mol. The van der Waals surface area contributed by atoms with Gasteiger partial charge in [-0.15, -0.1) is 0 Å². The first-order valence-electron chi connectivity index (χ1n) is 13.9. The second kappa shape index (κ2) is 13.8. The molecule has 1 atom stereocenters. The molecule has 1 saturated heterocycles. The highest BCUT2D eigenvalue weighted by molar-refractivity contribution is 5.80. The highest BCUT2D eigenvalue weighted by atomic mass is 19.1. The van der Waals surface area contributed by atoms with Crippen molar-refractivity contribution in [3.05, 3.63) is 77.4 Å². The van der Waals surface area contributed by atoms with E-state index in [1.807, 2.05) is 16.8 Å². The number of para-hydroxylation sites is 1. The Morgan fingerprint density at radius 2 is 1.74 bits per heavy atom. The normalized spacial score (nSPS) is 15.5. The van der Waals surface area contributed by atoms with Gasteiger partial charge in [0.15, 0.2) is 0 Å². The van der Waals surface area contributed by atoms with Crippen LogP contribution < -0.4 is 4.74 Å². The van der Waals surface area contributed by atoms with Crippen LogP contribution in [0.2, 0.25) is 0 Å². The van der Waals surface area contributed by atoms with Crippen molar-refractivity contribution in [2.45, 2.75) is 46.1 Å². The van der Waals surface area contributed by atoms with Gasteiger partial charge < -0.3 is 9.84 Å². The summed E-state index contributed by atoms with van der Waals surface area (Å²) in [5.41, 5.74) is 4.42. The van der Waals surface area contributed by atoms with Crippen LogP contribution in [0.25, 0.3) is 5.69 Å². The minimum absolute atomic E-state index is 0.156. The highest BCUT2D eigenvalue weighted by Crippen LogP contribution is 2.20. The molecule has 0 bridgehead atoms. The zero-order valence-corrected chi connectivity index (χ0v) is 23.4. The number of aromatic nitrogens is 2. The molecule has 0 saturated carbocycles. The van der Waals surface area contributed by atoms with Gasteiger partial charge in [0.05, 0.1) is 17.9 Å². The third-order valence-electron chi connectivity index (χ3n) is 7.04. The molecule has 1 N–H and O–H groups in total. The van der Waals surface area contributed by atoms with Crippen LogP contribution in [0.1, 0.15) is 37.2 Å². The summed E-state index contributed by atoms with van der Waals surface area (Å²) >= 11 is 0. The van der Waals surface area contributed by atoms with Gasteiger partial charge >= 0.3 is 0 Å². The number of benzene rings is 2. The molecule has 3 aromatic rings. The number of hydrogen-bond acceptors (Lipinski definition) is 6. The maximum atomic E-state index is 13.0. The van der Waals surface area contributed by atoms with E-state index < -0.39 is 6.10 Å². The number of ether oxygens (including phenoxy) is 1. The zero-order chi connectivity index (χ0) is 27.8. The van der Waals surface area contributed by atoms with E-state index in [2.05, 4.69) is 48.8 Å². The first-order chi connectivity index (χ1) is 18.8. The summed E-state index contributed by atoms with van der Waals surface area (Å²) in [7, 11) is 0. The Bertz CT molecular complexity index is 1200. The predicted molar refractivity (Wildman–Crippen MR) is 151 cm³/mol. The topological polar surface area (TPSA) is 70.8 Å². The van der Waals surface area contributed by atoms with Gasteiger partial charge in [-0.25, -0.2) is 9.07 Å². The molecule has 210 valence electrons. The molecule has 2 aromatic carbocycles. The molecule has 0 aliphatic carbocycles. The van der Waals surface area contributed by atoms with Crippen molar-refractivity contribution in [1.82, 2.24) is 19.6 Å². The Kier molecular flexibility index (Phi) is 10.3. The fraction of sp³-hybridized carbons (Fsp3) is 0.484. The Balaban J connectivity index is 1.20. The summed E-state index contributed by atoms with van der Waals surface area (Å²) in [4.78, 5) is 17.2. The van der Waals surface area contributed by atoms with E-state index in [0.29, 0.717) is 37.6 Å². The zero-order valence-electron chi connectivity index (χ0n) is 23.4. The number of carbonyl (C=O) groups excluding carboxylic acids is 1. The van der Waals surface area contributed by atoms with Crippen LogP contribution in [0.3, 0.4) is 0 Å². The number of halogens is 1. The van der Waals surface area contributed by atoms with Crippen molar-refractivity contribution in [2.24, 2.45) is 5.92 Å². The first kappa shape index (κ1) is 28.9. The molecule has 4 rings (SSSR count). The fourth-order valence-corrected chi connectivity index (χ4v) is 4.97. The summed E-state index contributed by atoms with van der Waals surface area (Å²) in [6.07, 6.45) is 1.42. The number of carbonyl (C=O) groups is 1. The Labute approximate surface area is 231 Å². The van der Waals surface area contributed by atoms with Crippen LogP contribution in [0.5, 0.6) is 5.75 Å². The molecule has 1 aliphatic rings. The average Bonchev–Trinajstić information content (AvgIpc) is 3.30. The van der Waals surface area contributed by atoms with Crippen LogP contribution in [0.4, 0.5) is 4.39 Å². The van der Waals surface area contributed by atoms with Gasteiger partial charge in [0.25, 0.3) is 0 Å². The lowest BCUT2D eigenvalue weighted by atomic mass is 10.1. The van der Waals surface area contributed by atoms with E-state index in [9.17, 15) is 14.3 Å². The van der Waals surface area contributed by atoms with Gasteiger partial charge in [0, 0.05) is 44.8 Å². The molecule has 7 nitrogen and oxygen atoms in total. The fourth-order valence-electron chi connectivity index (χ4n) is 4.97. The quantitative estimate of drug-likeness (QED) is 0.355. The molecule has 1 aliphatic heterocycles. The number of aryl methyl sites for hydroxylation is 2. The van der Waals surface area contributed by atoms with Gasteiger partial charge in [0.1, 0.15) is 30.1 Å². The summed E-state index contributed by atoms with van der Waals surface area (Å²) in [6.45, 7) is 10.8. The molecule has 1 fully saturated rings. The Hall–Kier alpha value is -3.07. The van der Waals surface area contributed by atoms with Crippen LogP contribution in [0, 0.1) is 18.7 Å². The number of β-amino-alcohol motifs (C(OH)–C–C–N with tert-alkyl or cyclic N) is 1. The number of aliphatic hydroxyl groups is 1. The lowest BCUT2D eigenvalue weighted by Gasteiger charge is -2.35. The van der Waals surface area contributed by atoms with Crippen LogP contribution in [0.15, 0.2) is 54.6 Å². The third-order valence-corrected chi connectivity index (χ3v) is 7.04. The lowest BCUT2D eigenvalue weighted by molar-refractivity contribution is -0.120. The summed E-state index contributed by atoms with van der Waals surface area (Å²) in [5.74, 6) is 0.967. The number of rotatable bonds is 13. The van der Waals surface area contributed by atoms with Crippen molar-refractivity contribution < 1.29 is 19.0 Å². The lowest BCUT2D eigenvalue weighted by Crippen LogP contribution is -2.50. The van der Waals surface area contributed by atoms with Crippen molar-refractivity contribution in [3.8, 4) is 11.4 Å². The number of aliphatic hydroxyl groups excluding tert-OH is 1. The molecule has 0 amide bonds. The molecule has 39 heavy (non-hydrogen) atoms. The number of Topliss-reactive ketones (excluding diaryl/α,β-unsaturated/α-hetero) is 1. The van der Waals surface area contributed by atoms with E-state index in [1.54, 1.807) is 12.1 Å². The first-order valence-corrected chi connectivity index (χ1v) is 13.9. The maximum absolute atomic E-state index is 13.0. The summed E-state index contributed by atoms with van der Waals surface area (Å²) in [5, 5.41) is 15.2. The van der Waals surface area contributed by atoms with E-state index >= 15 is 0 Å². The number of nitrogens with zero attached hydrogens (tertiary/aromatic N) is 4. The number of ketones is 1. The number of piperazine rings is 1. The highest BCUT2D eigenvalue weighted by Gasteiger charge is 2.21. The van der Waals surface area contributed by atoms with Gasteiger partial charge in [-0.05, 0) is 67.6 Å². The molecule has 0 radical (unpaired) electrons. The molecule has 8 heteroatoms. The molecule has 1 aromatic heterocycles. The van der Waals surface area contributed by atoms with E-state index in [-0.39, 0.29) is 18.2 Å². The Morgan fingerprint density at radius 1 is 1.05 bits per heavy atom. The van der Waals surface area contributed by atoms with Crippen LogP contribution in [-0.2, 0) is 17.6 Å². The van der Waals surface area contributed by atoms with Crippen LogP contribution in [-0.4, -0.2) is 82.4 Å². The van der Waals surface area contributed by atoms with E-state index in [0.717, 1.165) is 44.0 Å². The van der Waals surface area contributed by atoms with Crippen molar-refractivity contribution in [2.75, 3.05) is 45.9 Å². The second-order valence-corrected chi connectivity index (χ2v) is 11.0. The van der Waals surface area contributed by atoms with Gasteiger partial charge in [-0.1, -0.05) is 32.0 Å². The van der Waals surface area contributed by atoms with Gasteiger partial charge in [0.2, 0.25) is 0 Å².